The Morgan fingerprint density at radius 2 is 2.24 bits per heavy atom. The summed E-state index contributed by atoms with van der Waals surface area (Å²) in [4.78, 5) is 0. The molecule has 2 aromatic rings. The summed E-state index contributed by atoms with van der Waals surface area (Å²) in [5.41, 5.74) is 4.18. The Balaban J connectivity index is 2.32. The van der Waals surface area contributed by atoms with Crippen molar-refractivity contribution in [3.63, 3.8) is 0 Å². The average molecular weight is 230 g/mol. The number of methoxy groups -OCH3 is 1. The molecule has 1 atom stereocenters. The second-order valence-corrected chi connectivity index (χ2v) is 4.73. The van der Waals surface area contributed by atoms with Gasteiger partial charge in [0, 0.05) is 30.2 Å². The molecule has 1 aliphatic heterocycles. The molecule has 1 aliphatic rings. The van der Waals surface area contributed by atoms with E-state index in [1.165, 1.54) is 22.2 Å². The lowest BCUT2D eigenvalue weighted by atomic mass is 10.0. The van der Waals surface area contributed by atoms with Gasteiger partial charge in [0.25, 0.3) is 0 Å². The third kappa shape index (κ3) is 1.46. The van der Waals surface area contributed by atoms with E-state index < -0.39 is 0 Å². The van der Waals surface area contributed by atoms with Crippen molar-refractivity contribution in [2.24, 2.45) is 7.05 Å². The van der Waals surface area contributed by atoms with Crippen molar-refractivity contribution in [1.82, 2.24) is 9.88 Å². The summed E-state index contributed by atoms with van der Waals surface area (Å²) < 4.78 is 7.60. The van der Waals surface area contributed by atoms with Gasteiger partial charge in [0.15, 0.2) is 0 Å². The van der Waals surface area contributed by atoms with Crippen LogP contribution in [0.15, 0.2) is 18.2 Å². The summed E-state index contributed by atoms with van der Waals surface area (Å²) in [6.07, 6.45) is 1.11. The van der Waals surface area contributed by atoms with E-state index in [9.17, 15) is 0 Å². The summed E-state index contributed by atoms with van der Waals surface area (Å²) >= 11 is 0. The Bertz CT molecular complexity index is 571. The molecular formula is C14H18N2O. The zero-order valence-electron chi connectivity index (χ0n) is 10.6. The van der Waals surface area contributed by atoms with Crippen LogP contribution < -0.4 is 10.1 Å². The lowest BCUT2D eigenvalue weighted by Crippen LogP contribution is -2.28. The van der Waals surface area contributed by atoms with Crippen LogP contribution in [-0.2, 0) is 13.5 Å². The quantitative estimate of drug-likeness (QED) is 0.814. The molecule has 3 rings (SSSR count). The summed E-state index contributed by atoms with van der Waals surface area (Å²) in [6, 6.07) is 6.79. The number of hydrogen-bond donors (Lipinski definition) is 1. The largest absolute Gasteiger partial charge is 0.497 e. The maximum absolute atomic E-state index is 5.31. The minimum atomic E-state index is 0.433. The zero-order valence-corrected chi connectivity index (χ0v) is 10.6. The summed E-state index contributed by atoms with van der Waals surface area (Å²) in [6.45, 7) is 3.30. The fourth-order valence-electron chi connectivity index (χ4n) is 2.97. The lowest BCUT2D eigenvalue weighted by Gasteiger charge is -2.22. The third-order valence-corrected chi connectivity index (χ3v) is 3.80. The molecule has 3 heteroatoms. The number of rotatable bonds is 1. The van der Waals surface area contributed by atoms with Gasteiger partial charge in [-0.2, -0.15) is 0 Å². The highest BCUT2D eigenvalue weighted by Crippen LogP contribution is 2.33. The Hall–Kier alpha value is -1.48. The average Bonchev–Trinajstić information content (AvgIpc) is 2.64. The first kappa shape index (κ1) is 10.7. The van der Waals surface area contributed by atoms with E-state index >= 15 is 0 Å². The molecule has 0 radical (unpaired) electrons. The van der Waals surface area contributed by atoms with E-state index in [1.54, 1.807) is 7.11 Å². The number of nitrogens with zero attached hydrogens (tertiary/aromatic N) is 1. The summed E-state index contributed by atoms with van der Waals surface area (Å²) in [5, 5.41) is 4.89. The van der Waals surface area contributed by atoms with Crippen LogP contribution in [-0.4, -0.2) is 18.2 Å². The molecule has 0 unspecified atom stereocenters. The molecule has 0 spiro atoms. The summed E-state index contributed by atoms with van der Waals surface area (Å²) in [7, 11) is 3.86. The van der Waals surface area contributed by atoms with Crippen LogP contribution >= 0.6 is 0 Å². The minimum Gasteiger partial charge on any atom is -0.497 e. The smallest absolute Gasteiger partial charge is 0.120 e. The van der Waals surface area contributed by atoms with Crippen LogP contribution in [0.4, 0.5) is 0 Å². The molecule has 0 fully saturated rings. The normalized spacial score (nSPS) is 19.4. The highest BCUT2D eigenvalue weighted by atomic mass is 16.5. The van der Waals surface area contributed by atoms with Crippen LogP contribution in [0.1, 0.15) is 24.2 Å². The monoisotopic (exact) mass is 230 g/mol. The number of hydrogen-bond acceptors (Lipinski definition) is 2. The van der Waals surface area contributed by atoms with Crippen molar-refractivity contribution in [3.05, 3.63) is 29.5 Å². The molecule has 1 aromatic heterocycles. The van der Waals surface area contributed by atoms with Crippen molar-refractivity contribution in [3.8, 4) is 5.75 Å². The van der Waals surface area contributed by atoms with Crippen molar-refractivity contribution in [2.45, 2.75) is 19.4 Å². The number of nitrogens with one attached hydrogen (secondary N) is 1. The minimum absolute atomic E-state index is 0.433. The Morgan fingerprint density at radius 1 is 1.41 bits per heavy atom. The van der Waals surface area contributed by atoms with Crippen LogP contribution in [0.3, 0.4) is 0 Å². The van der Waals surface area contributed by atoms with Gasteiger partial charge in [0.2, 0.25) is 0 Å². The van der Waals surface area contributed by atoms with Crippen LogP contribution in [0.25, 0.3) is 10.9 Å². The standard InChI is InChI=1S/C14H18N2O/c1-9-14-12(6-7-15-9)11-5-4-10(17-3)8-13(11)16(14)2/h4-5,8-9,15H,6-7H2,1-3H3/t9-/m0/s1. The molecule has 0 amide bonds. The van der Waals surface area contributed by atoms with Gasteiger partial charge < -0.3 is 14.6 Å². The zero-order chi connectivity index (χ0) is 12.0. The fourth-order valence-corrected chi connectivity index (χ4v) is 2.97. The number of benzene rings is 1. The van der Waals surface area contributed by atoms with E-state index in [4.69, 9.17) is 4.74 Å². The van der Waals surface area contributed by atoms with Gasteiger partial charge in [-0.05, 0) is 37.6 Å². The van der Waals surface area contributed by atoms with Crippen molar-refractivity contribution >= 4 is 10.9 Å². The predicted octanol–water partition coefficient (Wildman–Crippen LogP) is 2.39. The molecule has 0 bridgehead atoms. The molecule has 2 heterocycles. The Kier molecular flexibility index (Phi) is 2.37. The van der Waals surface area contributed by atoms with Gasteiger partial charge in [0.1, 0.15) is 5.75 Å². The van der Waals surface area contributed by atoms with Crippen molar-refractivity contribution < 1.29 is 4.74 Å². The second kappa shape index (κ2) is 3.77. The molecule has 0 aliphatic carbocycles. The van der Waals surface area contributed by atoms with Gasteiger partial charge >= 0.3 is 0 Å². The molecule has 0 saturated heterocycles. The molecule has 17 heavy (non-hydrogen) atoms. The third-order valence-electron chi connectivity index (χ3n) is 3.80. The molecule has 1 aromatic carbocycles. The first-order valence-corrected chi connectivity index (χ1v) is 6.11. The Labute approximate surface area is 101 Å². The second-order valence-electron chi connectivity index (χ2n) is 4.73. The van der Waals surface area contributed by atoms with Crippen molar-refractivity contribution in [2.75, 3.05) is 13.7 Å². The topological polar surface area (TPSA) is 26.2 Å². The molecule has 0 saturated carbocycles. The summed E-state index contributed by atoms with van der Waals surface area (Å²) in [5.74, 6) is 0.927. The highest BCUT2D eigenvalue weighted by Gasteiger charge is 2.23. The first-order valence-electron chi connectivity index (χ1n) is 6.11. The van der Waals surface area contributed by atoms with Crippen LogP contribution in [0, 0.1) is 0 Å². The number of aromatic nitrogens is 1. The van der Waals surface area contributed by atoms with Gasteiger partial charge in [-0.1, -0.05) is 0 Å². The van der Waals surface area contributed by atoms with Gasteiger partial charge in [-0.15, -0.1) is 0 Å². The van der Waals surface area contributed by atoms with Crippen LogP contribution in [0.5, 0.6) is 5.75 Å². The number of fused-ring (bicyclic) bond motifs is 3. The SMILES string of the molecule is COc1ccc2c3c(n(C)c2c1)[C@H](C)NCC3. The highest BCUT2D eigenvalue weighted by molar-refractivity contribution is 5.87. The van der Waals surface area contributed by atoms with E-state index in [2.05, 4.69) is 42.1 Å². The van der Waals surface area contributed by atoms with Gasteiger partial charge in [-0.25, -0.2) is 0 Å². The lowest BCUT2D eigenvalue weighted by molar-refractivity contribution is 0.415. The molecule has 3 nitrogen and oxygen atoms in total. The van der Waals surface area contributed by atoms with E-state index in [-0.39, 0.29) is 0 Å². The van der Waals surface area contributed by atoms with Crippen molar-refractivity contribution in [1.29, 1.82) is 0 Å². The molecular weight excluding hydrogens is 212 g/mol. The van der Waals surface area contributed by atoms with E-state index in [1.807, 2.05) is 0 Å². The fraction of sp³-hybridized carbons (Fsp3) is 0.429. The molecule has 90 valence electrons. The molecule has 1 N–H and O–H groups in total. The number of ether oxygens (including phenoxy) is 1. The number of aryl methyl sites for hydroxylation is 1. The van der Waals surface area contributed by atoms with Gasteiger partial charge in [-0.3, -0.25) is 0 Å². The maximum Gasteiger partial charge on any atom is 0.120 e. The first-order chi connectivity index (χ1) is 8.22. The van der Waals surface area contributed by atoms with E-state index in [0.29, 0.717) is 6.04 Å². The van der Waals surface area contributed by atoms with Gasteiger partial charge in [0.05, 0.1) is 12.6 Å². The predicted molar refractivity (Wildman–Crippen MR) is 69.6 cm³/mol. The Morgan fingerprint density at radius 3 is 3.00 bits per heavy atom. The van der Waals surface area contributed by atoms with E-state index in [0.717, 1.165) is 18.7 Å². The maximum atomic E-state index is 5.31. The van der Waals surface area contributed by atoms with Crippen LogP contribution in [0.2, 0.25) is 0 Å².